The van der Waals surface area contributed by atoms with E-state index in [-0.39, 0.29) is 0 Å². The smallest absolute Gasteiger partial charge is 0.139 e. The molecule has 0 aromatic heterocycles. The van der Waals surface area contributed by atoms with Crippen molar-refractivity contribution >= 4 is 5.69 Å². The van der Waals surface area contributed by atoms with Crippen molar-refractivity contribution in [3.05, 3.63) is 23.8 Å². The molecule has 3 nitrogen and oxygen atoms in total. The van der Waals surface area contributed by atoms with Crippen LogP contribution in [0.4, 0.5) is 5.69 Å². The zero-order chi connectivity index (χ0) is 9.97. The van der Waals surface area contributed by atoms with Crippen LogP contribution in [0.5, 0.6) is 5.75 Å². The van der Waals surface area contributed by atoms with Gasteiger partial charge >= 0.3 is 0 Å². The number of phenols is 1. The Morgan fingerprint density at radius 1 is 1.29 bits per heavy atom. The molecule has 2 rings (SSSR count). The molecule has 0 amide bonds. The summed E-state index contributed by atoms with van der Waals surface area (Å²) in [7, 11) is 0. The molecule has 0 saturated carbocycles. The Labute approximate surface area is 83.9 Å². The standard InChI is InChI=1S/C11H15NO2/c1-9-2-3-10(11(13)8-9)12-4-6-14-7-5-12/h2-3,8,13H,4-7H2,1H3. The number of phenolic OH excluding ortho intramolecular Hbond substituents is 1. The van der Waals surface area contributed by atoms with Gasteiger partial charge in [0.25, 0.3) is 0 Å². The molecule has 1 saturated heterocycles. The highest BCUT2D eigenvalue weighted by molar-refractivity contribution is 5.59. The van der Waals surface area contributed by atoms with E-state index in [9.17, 15) is 5.11 Å². The van der Waals surface area contributed by atoms with Crippen molar-refractivity contribution < 1.29 is 9.84 Å². The Kier molecular flexibility index (Phi) is 2.59. The summed E-state index contributed by atoms with van der Waals surface area (Å²) in [6, 6.07) is 5.78. The summed E-state index contributed by atoms with van der Waals surface area (Å²) in [6.45, 7) is 5.18. The number of rotatable bonds is 1. The van der Waals surface area contributed by atoms with E-state index in [0.717, 1.165) is 37.6 Å². The lowest BCUT2D eigenvalue weighted by Gasteiger charge is -2.29. The number of hydrogen-bond acceptors (Lipinski definition) is 3. The first-order chi connectivity index (χ1) is 6.77. The van der Waals surface area contributed by atoms with Crippen molar-refractivity contribution in [2.45, 2.75) is 6.92 Å². The molecule has 76 valence electrons. The minimum Gasteiger partial charge on any atom is -0.506 e. The van der Waals surface area contributed by atoms with Crippen molar-refractivity contribution in [2.75, 3.05) is 31.2 Å². The van der Waals surface area contributed by atoms with E-state index in [1.807, 2.05) is 19.1 Å². The van der Waals surface area contributed by atoms with E-state index in [4.69, 9.17) is 4.74 Å². The molecule has 1 aromatic carbocycles. The minimum atomic E-state index is 0.368. The van der Waals surface area contributed by atoms with Crippen LogP contribution in [-0.4, -0.2) is 31.4 Å². The SMILES string of the molecule is Cc1ccc(N2CCOCC2)c(O)c1. The summed E-state index contributed by atoms with van der Waals surface area (Å²) in [5.41, 5.74) is 2.00. The maximum absolute atomic E-state index is 9.76. The summed E-state index contributed by atoms with van der Waals surface area (Å²) < 4.78 is 5.26. The van der Waals surface area contributed by atoms with Crippen LogP contribution in [0.1, 0.15) is 5.56 Å². The molecular weight excluding hydrogens is 178 g/mol. The van der Waals surface area contributed by atoms with E-state index in [2.05, 4.69) is 4.90 Å². The first-order valence-corrected chi connectivity index (χ1v) is 4.90. The lowest BCUT2D eigenvalue weighted by atomic mass is 10.2. The molecule has 0 aliphatic carbocycles. The molecule has 1 fully saturated rings. The maximum Gasteiger partial charge on any atom is 0.139 e. The molecule has 0 radical (unpaired) electrons. The minimum absolute atomic E-state index is 0.368. The van der Waals surface area contributed by atoms with E-state index >= 15 is 0 Å². The Morgan fingerprint density at radius 2 is 2.00 bits per heavy atom. The molecule has 1 heterocycles. The van der Waals surface area contributed by atoms with Gasteiger partial charge in [0.2, 0.25) is 0 Å². The second-order valence-electron chi connectivity index (χ2n) is 3.59. The number of benzene rings is 1. The first kappa shape index (κ1) is 9.34. The largest absolute Gasteiger partial charge is 0.506 e. The van der Waals surface area contributed by atoms with Crippen molar-refractivity contribution in [3.63, 3.8) is 0 Å². The van der Waals surface area contributed by atoms with Crippen LogP contribution in [-0.2, 0) is 4.74 Å². The summed E-state index contributed by atoms with van der Waals surface area (Å²) in [5.74, 6) is 0.368. The van der Waals surface area contributed by atoms with Gasteiger partial charge in [-0.05, 0) is 24.6 Å². The molecule has 0 bridgehead atoms. The molecule has 3 heteroatoms. The molecule has 1 aliphatic rings. The van der Waals surface area contributed by atoms with Gasteiger partial charge in [-0.25, -0.2) is 0 Å². The van der Waals surface area contributed by atoms with E-state index in [0.29, 0.717) is 5.75 Å². The van der Waals surface area contributed by atoms with Crippen LogP contribution in [0.3, 0.4) is 0 Å². The summed E-state index contributed by atoms with van der Waals surface area (Å²) in [6.07, 6.45) is 0. The summed E-state index contributed by atoms with van der Waals surface area (Å²) in [5, 5.41) is 9.76. The molecule has 0 unspecified atom stereocenters. The average molecular weight is 193 g/mol. The number of aryl methyl sites for hydroxylation is 1. The Balaban J connectivity index is 2.22. The van der Waals surface area contributed by atoms with Gasteiger partial charge in [-0.2, -0.15) is 0 Å². The highest BCUT2D eigenvalue weighted by Crippen LogP contribution is 2.28. The van der Waals surface area contributed by atoms with Gasteiger partial charge in [-0.15, -0.1) is 0 Å². The predicted octanol–water partition coefficient (Wildman–Crippen LogP) is 1.54. The number of nitrogens with zero attached hydrogens (tertiary/aromatic N) is 1. The van der Waals surface area contributed by atoms with Crippen molar-refractivity contribution in [3.8, 4) is 5.75 Å². The van der Waals surface area contributed by atoms with Crippen molar-refractivity contribution in [1.29, 1.82) is 0 Å². The lowest BCUT2D eigenvalue weighted by Crippen LogP contribution is -2.36. The number of morpholine rings is 1. The average Bonchev–Trinajstić information content (AvgIpc) is 2.19. The van der Waals surface area contributed by atoms with Crippen LogP contribution < -0.4 is 4.90 Å². The fraction of sp³-hybridized carbons (Fsp3) is 0.455. The normalized spacial score (nSPS) is 17.1. The predicted molar refractivity (Wildman–Crippen MR) is 55.9 cm³/mol. The third-order valence-electron chi connectivity index (χ3n) is 2.48. The number of hydrogen-bond donors (Lipinski definition) is 1. The van der Waals surface area contributed by atoms with Gasteiger partial charge in [0, 0.05) is 13.1 Å². The first-order valence-electron chi connectivity index (χ1n) is 4.90. The van der Waals surface area contributed by atoms with E-state index in [1.165, 1.54) is 0 Å². The van der Waals surface area contributed by atoms with Crippen LogP contribution >= 0.6 is 0 Å². The van der Waals surface area contributed by atoms with Crippen LogP contribution in [0.2, 0.25) is 0 Å². The molecule has 14 heavy (non-hydrogen) atoms. The molecule has 1 aromatic rings. The van der Waals surface area contributed by atoms with Crippen molar-refractivity contribution in [2.24, 2.45) is 0 Å². The Morgan fingerprint density at radius 3 is 2.64 bits per heavy atom. The molecule has 0 atom stereocenters. The second-order valence-corrected chi connectivity index (χ2v) is 3.59. The van der Waals surface area contributed by atoms with Crippen LogP contribution in [0, 0.1) is 6.92 Å². The third kappa shape index (κ3) is 1.82. The third-order valence-corrected chi connectivity index (χ3v) is 2.48. The maximum atomic E-state index is 9.76. The van der Waals surface area contributed by atoms with Crippen LogP contribution in [0.15, 0.2) is 18.2 Å². The number of aromatic hydroxyl groups is 1. The summed E-state index contributed by atoms with van der Waals surface area (Å²) in [4.78, 5) is 2.15. The van der Waals surface area contributed by atoms with Crippen LogP contribution in [0.25, 0.3) is 0 Å². The monoisotopic (exact) mass is 193 g/mol. The molecule has 1 aliphatic heterocycles. The Hall–Kier alpha value is -1.22. The molecule has 0 spiro atoms. The second kappa shape index (κ2) is 3.88. The zero-order valence-electron chi connectivity index (χ0n) is 8.36. The Bertz CT molecular complexity index is 319. The lowest BCUT2D eigenvalue weighted by molar-refractivity contribution is 0.122. The van der Waals surface area contributed by atoms with E-state index < -0.39 is 0 Å². The van der Waals surface area contributed by atoms with Gasteiger partial charge in [0.15, 0.2) is 0 Å². The summed E-state index contributed by atoms with van der Waals surface area (Å²) >= 11 is 0. The fourth-order valence-electron chi connectivity index (χ4n) is 1.71. The van der Waals surface area contributed by atoms with Gasteiger partial charge in [-0.3, -0.25) is 0 Å². The number of ether oxygens (including phenoxy) is 1. The van der Waals surface area contributed by atoms with Gasteiger partial charge in [0.05, 0.1) is 18.9 Å². The fourth-order valence-corrected chi connectivity index (χ4v) is 1.71. The number of anilines is 1. The topological polar surface area (TPSA) is 32.7 Å². The highest BCUT2D eigenvalue weighted by atomic mass is 16.5. The van der Waals surface area contributed by atoms with Gasteiger partial charge < -0.3 is 14.7 Å². The van der Waals surface area contributed by atoms with E-state index in [1.54, 1.807) is 6.07 Å². The van der Waals surface area contributed by atoms with Crippen molar-refractivity contribution in [1.82, 2.24) is 0 Å². The highest BCUT2D eigenvalue weighted by Gasteiger charge is 2.13. The quantitative estimate of drug-likeness (QED) is 0.734. The molecule has 1 N–H and O–H groups in total. The zero-order valence-corrected chi connectivity index (χ0v) is 8.36. The van der Waals surface area contributed by atoms with Gasteiger partial charge in [-0.1, -0.05) is 6.07 Å². The van der Waals surface area contributed by atoms with Gasteiger partial charge in [0.1, 0.15) is 5.75 Å². The molecular formula is C11H15NO2.